The van der Waals surface area contributed by atoms with E-state index in [2.05, 4.69) is 18.8 Å². The number of aliphatic hydroxyl groups is 2. The summed E-state index contributed by atoms with van der Waals surface area (Å²) in [6.45, 7) is 12.7. The van der Waals surface area contributed by atoms with Crippen molar-refractivity contribution in [2.24, 2.45) is 22.7 Å². The number of allylic oxidation sites excluding steroid dienone is 2. The highest BCUT2D eigenvalue weighted by atomic mass is 16.5. The van der Waals surface area contributed by atoms with Gasteiger partial charge in [-0.05, 0) is 67.4 Å². The van der Waals surface area contributed by atoms with Crippen LogP contribution in [0, 0.1) is 22.7 Å². The summed E-state index contributed by atoms with van der Waals surface area (Å²) in [5, 5.41) is 25.3. The number of nitrogens with zero attached hydrogens (tertiary/aromatic N) is 2. The number of anilines is 1. The maximum absolute atomic E-state index is 13.3. The number of fused-ring (bicyclic) bond motifs is 1. The molecule has 0 spiro atoms. The monoisotopic (exact) mass is 619 g/mol. The number of hydrogen-bond donors (Lipinski definition) is 3. The summed E-state index contributed by atoms with van der Waals surface area (Å²) in [6, 6.07) is 7.33. The van der Waals surface area contributed by atoms with Gasteiger partial charge in [0.05, 0.1) is 37.5 Å². The number of cyclic esters (lactones) is 1. The predicted molar refractivity (Wildman–Crippen MR) is 175 cm³/mol. The Morgan fingerprint density at radius 1 is 1.22 bits per heavy atom. The van der Waals surface area contributed by atoms with Crippen molar-refractivity contribution >= 4 is 23.6 Å². The van der Waals surface area contributed by atoms with Crippen LogP contribution in [0.3, 0.4) is 0 Å². The van der Waals surface area contributed by atoms with Gasteiger partial charge in [0, 0.05) is 50.2 Å². The predicted octanol–water partition coefficient (Wildman–Crippen LogP) is 3.69. The molecular formula is C36H49N3O6. The van der Waals surface area contributed by atoms with Crippen LogP contribution in [0.2, 0.25) is 0 Å². The normalized spacial score (nSPS) is 33.6. The molecule has 2 aliphatic carbocycles. The Morgan fingerprint density at radius 2 is 1.91 bits per heavy atom. The Labute approximate surface area is 267 Å². The molecule has 0 aromatic heterocycles. The first-order valence-corrected chi connectivity index (χ1v) is 16.1. The summed E-state index contributed by atoms with van der Waals surface area (Å²) in [7, 11) is 3.97. The van der Waals surface area contributed by atoms with Crippen LogP contribution < -0.4 is 10.2 Å². The molecule has 1 aromatic rings. The summed E-state index contributed by atoms with van der Waals surface area (Å²) in [4.78, 5) is 30.1. The van der Waals surface area contributed by atoms with Crippen LogP contribution in [0.5, 0.6) is 0 Å². The smallest absolute Gasteiger partial charge is 0.343 e. The third-order valence-corrected chi connectivity index (χ3v) is 10.8. The van der Waals surface area contributed by atoms with Gasteiger partial charge < -0.3 is 29.5 Å². The van der Waals surface area contributed by atoms with Gasteiger partial charge >= 0.3 is 5.97 Å². The largest absolute Gasteiger partial charge is 0.423 e. The summed E-state index contributed by atoms with van der Waals surface area (Å²) in [5.74, 6) is -0.142. The van der Waals surface area contributed by atoms with E-state index >= 15 is 0 Å². The maximum atomic E-state index is 13.3. The number of rotatable bonds is 8. The second kappa shape index (κ2) is 13.2. The van der Waals surface area contributed by atoms with Gasteiger partial charge in [-0.15, -0.1) is 0 Å². The summed E-state index contributed by atoms with van der Waals surface area (Å²) < 4.78 is 11.0. The lowest BCUT2D eigenvalue weighted by molar-refractivity contribution is -0.150. The molecule has 2 aliphatic heterocycles. The second-order valence-corrected chi connectivity index (χ2v) is 13.8. The first kappa shape index (κ1) is 33.1. The third kappa shape index (κ3) is 6.54. The van der Waals surface area contributed by atoms with Gasteiger partial charge in [-0.2, -0.15) is 0 Å². The number of amides is 1. The number of carbonyl (C=O) groups excluding carboxylic acids is 2. The van der Waals surface area contributed by atoms with E-state index in [9.17, 15) is 19.8 Å². The average Bonchev–Trinajstić information content (AvgIpc) is 3.38. The molecule has 9 nitrogen and oxygen atoms in total. The van der Waals surface area contributed by atoms with Crippen molar-refractivity contribution in [2.45, 2.75) is 58.2 Å². The summed E-state index contributed by atoms with van der Waals surface area (Å²) in [6.07, 6.45) is 8.76. The molecule has 4 aliphatic rings. The van der Waals surface area contributed by atoms with Crippen LogP contribution in [0.15, 0.2) is 66.0 Å². The van der Waals surface area contributed by atoms with Crippen LogP contribution >= 0.6 is 0 Å². The number of carbonyl (C=O) groups is 2. The van der Waals surface area contributed by atoms with Gasteiger partial charge in [-0.3, -0.25) is 10.1 Å². The molecule has 3 fully saturated rings. The summed E-state index contributed by atoms with van der Waals surface area (Å²) in [5.41, 5.74) is 2.35. The fourth-order valence-electron chi connectivity index (χ4n) is 7.87. The van der Waals surface area contributed by atoms with Gasteiger partial charge in [0.25, 0.3) is 0 Å². The number of ether oxygens (including phenoxy) is 2. The number of benzene rings is 1. The fraction of sp³-hybridized carbons (Fsp3) is 0.556. The molecule has 45 heavy (non-hydrogen) atoms. The molecule has 2 saturated carbocycles. The van der Waals surface area contributed by atoms with Crippen LogP contribution in [0.25, 0.3) is 6.08 Å². The zero-order valence-corrected chi connectivity index (χ0v) is 27.3. The number of aliphatic hydroxyl groups excluding tert-OH is 2. The molecule has 0 radical (unpaired) electrons. The van der Waals surface area contributed by atoms with Crippen molar-refractivity contribution in [3.63, 3.8) is 0 Å². The maximum Gasteiger partial charge on any atom is 0.343 e. The highest BCUT2D eigenvalue weighted by Crippen LogP contribution is 2.61. The molecule has 244 valence electrons. The molecule has 4 unspecified atom stereocenters. The lowest BCUT2D eigenvalue weighted by atomic mass is 9.45. The topological polar surface area (TPSA) is 112 Å². The first-order valence-electron chi connectivity index (χ1n) is 16.1. The minimum atomic E-state index is -0.721. The molecule has 3 N–H and O–H groups in total. The highest BCUT2D eigenvalue weighted by molar-refractivity contribution is 5.96. The summed E-state index contributed by atoms with van der Waals surface area (Å²) >= 11 is 0. The van der Waals surface area contributed by atoms with Crippen LogP contribution in [-0.2, 0) is 19.1 Å². The van der Waals surface area contributed by atoms with Crippen molar-refractivity contribution in [3.8, 4) is 0 Å². The van der Waals surface area contributed by atoms with E-state index in [0.717, 1.165) is 23.2 Å². The van der Waals surface area contributed by atoms with E-state index in [4.69, 9.17) is 9.47 Å². The van der Waals surface area contributed by atoms with Crippen molar-refractivity contribution in [1.29, 1.82) is 0 Å². The molecule has 1 aromatic carbocycles. The molecular weight excluding hydrogens is 570 g/mol. The molecule has 2 heterocycles. The van der Waals surface area contributed by atoms with E-state index in [0.29, 0.717) is 50.5 Å². The number of nitrogens with one attached hydrogen (secondary N) is 1. The van der Waals surface area contributed by atoms with Gasteiger partial charge in [-0.25, -0.2) is 4.79 Å². The van der Waals surface area contributed by atoms with Gasteiger partial charge in [0.15, 0.2) is 0 Å². The average molecular weight is 620 g/mol. The fourth-order valence-corrected chi connectivity index (χ4v) is 7.87. The van der Waals surface area contributed by atoms with Crippen molar-refractivity contribution in [2.75, 3.05) is 51.9 Å². The van der Waals surface area contributed by atoms with Crippen LogP contribution in [0.4, 0.5) is 5.69 Å². The Balaban J connectivity index is 1.41. The SMILES string of the molecule is C=C1C(NC(C)C(=O)N2CCOCC2)CC2[C@](C)(CC[C@@H](O)[C@@]2(C)CO)C1/C=C/C1=CC(=C\c2ccc(N(C)C)cc2)/OC1=O. The molecule has 0 bridgehead atoms. The Morgan fingerprint density at radius 3 is 2.56 bits per heavy atom. The highest BCUT2D eigenvalue weighted by Gasteiger charge is 2.59. The van der Waals surface area contributed by atoms with Gasteiger partial charge in [-0.1, -0.05) is 50.3 Å². The minimum absolute atomic E-state index is 0.0228. The Kier molecular flexibility index (Phi) is 9.75. The molecule has 5 rings (SSSR count). The zero-order valence-electron chi connectivity index (χ0n) is 27.3. The molecule has 9 heteroatoms. The van der Waals surface area contributed by atoms with Gasteiger partial charge in [0.2, 0.25) is 5.91 Å². The number of esters is 1. The van der Waals surface area contributed by atoms with Crippen molar-refractivity contribution < 1.29 is 29.3 Å². The van der Waals surface area contributed by atoms with E-state index in [-0.39, 0.29) is 35.8 Å². The number of hydrogen-bond acceptors (Lipinski definition) is 8. The Bertz CT molecular complexity index is 1380. The van der Waals surface area contributed by atoms with Crippen LogP contribution in [-0.4, -0.2) is 92.2 Å². The Hall–Kier alpha value is -3.24. The third-order valence-electron chi connectivity index (χ3n) is 10.8. The zero-order chi connectivity index (χ0) is 32.5. The van der Waals surface area contributed by atoms with E-state index < -0.39 is 23.5 Å². The second-order valence-electron chi connectivity index (χ2n) is 13.8. The van der Waals surface area contributed by atoms with Gasteiger partial charge in [0.1, 0.15) is 5.76 Å². The number of morpholine rings is 1. The molecule has 7 atom stereocenters. The van der Waals surface area contributed by atoms with E-state index in [1.807, 2.05) is 80.2 Å². The van der Waals surface area contributed by atoms with E-state index in [1.165, 1.54) is 0 Å². The lowest BCUT2D eigenvalue weighted by Crippen LogP contribution is -2.62. The molecule has 1 amide bonds. The quantitative estimate of drug-likeness (QED) is 0.299. The standard InChI is InChI=1S/C36H49N3O6/c1-23-29(12-9-26-20-28(45-34(26)43)19-25-7-10-27(11-8-25)38(5)6)35(3)14-13-32(41)36(4,22-40)31(35)21-30(23)37-24(2)33(42)39-15-17-44-18-16-39/h7-12,19-20,24,29-32,37,40-41H,1,13-18,21-22H2,2-6H3/b12-9+,28-19+/t24?,29?,30?,31?,32-,35-,36+/m1/s1. The minimum Gasteiger partial charge on any atom is -0.423 e. The lowest BCUT2D eigenvalue weighted by Gasteiger charge is -2.61. The van der Waals surface area contributed by atoms with Crippen molar-refractivity contribution in [1.82, 2.24) is 10.2 Å². The van der Waals surface area contributed by atoms with Crippen molar-refractivity contribution in [3.05, 3.63) is 71.5 Å². The van der Waals surface area contributed by atoms with Crippen LogP contribution in [0.1, 0.15) is 45.6 Å². The molecule has 1 saturated heterocycles. The first-order chi connectivity index (χ1) is 21.4. The van der Waals surface area contributed by atoms with E-state index in [1.54, 1.807) is 6.08 Å².